The molecule has 31 heavy (non-hydrogen) atoms. The first kappa shape index (κ1) is 21.2. The average molecular weight is 450 g/mol. The Morgan fingerprint density at radius 1 is 0.839 bits per heavy atom. The summed E-state index contributed by atoms with van der Waals surface area (Å²) in [5.41, 5.74) is 1.53. The summed E-state index contributed by atoms with van der Waals surface area (Å²) in [5, 5.41) is 0.566. The number of carbonyl (C=O) groups excluding carboxylic acids is 2. The van der Waals surface area contributed by atoms with E-state index in [1.165, 1.54) is 16.7 Å². The van der Waals surface area contributed by atoms with Crippen LogP contribution in [0.15, 0.2) is 88.7 Å². The minimum Gasteiger partial charge on any atom is -0.491 e. The molecule has 3 aromatic rings. The van der Waals surface area contributed by atoms with Crippen molar-refractivity contribution in [3.63, 3.8) is 0 Å². The lowest BCUT2D eigenvalue weighted by Crippen LogP contribution is -2.31. The third kappa shape index (κ3) is 4.53. The van der Waals surface area contributed by atoms with Gasteiger partial charge in [0.2, 0.25) is 0 Å². The molecule has 6 heteroatoms. The van der Waals surface area contributed by atoms with E-state index in [2.05, 4.69) is 0 Å². The standard InChI is InChI=1S/C25H20ClNO3S/c1-16(2)30-20-14-12-19(13-15-20)27-24(28)22(17-8-10-18(26)11-9-17)23(25(27)29)31-21-6-4-3-5-7-21/h3-16H,1-2H3. The molecule has 0 saturated heterocycles. The number of imide groups is 1. The number of hydrogen-bond donors (Lipinski definition) is 0. The van der Waals surface area contributed by atoms with Gasteiger partial charge in [0.1, 0.15) is 5.75 Å². The van der Waals surface area contributed by atoms with E-state index < -0.39 is 0 Å². The van der Waals surface area contributed by atoms with Crippen LogP contribution in [0.25, 0.3) is 5.57 Å². The van der Waals surface area contributed by atoms with Gasteiger partial charge >= 0.3 is 0 Å². The van der Waals surface area contributed by atoms with Gasteiger partial charge in [0.25, 0.3) is 11.8 Å². The lowest BCUT2D eigenvalue weighted by atomic mass is 10.1. The molecule has 1 aliphatic rings. The largest absolute Gasteiger partial charge is 0.491 e. The number of nitrogens with zero attached hydrogens (tertiary/aromatic N) is 1. The van der Waals surface area contributed by atoms with Crippen molar-refractivity contribution < 1.29 is 14.3 Å². The average Bonchev–Trinajstić information content (AvgIpc) is 2.99. The van der Waals surface area contributed by atoms with Crippen molar-refractivity contribution in [2.45, 2.75) is 24.8 Å². The van der Waals surface area contributed by atoms with Gasteiger partial charge in [0.05, 0.1) is 22.3 Å². The SMILES string of the molecule is CC(C)Oc1ccc(N2C(=O)C(Sc3ccccc3)=C(c3ccc(Cl)cc3)C2=O)cc1. The van der Waals surface area contributed by atoms with E-state index in [4.69, 9.17) is 16.3 Å². The number of halogens is 1. The van der Waals surface area contributed by atoms with Crippen LogP contribution in [0.3, 0.4) is 0 Å². The first-order chi connectivity index (χ1) is 14.9. The van der Waals surface area contributed by atoms with E-state index >= 15 is 0 Å². The van der Waals surface area contributed by atoms with Gasteiger partial charge in [0.15, 0.2) is 0 Å². The lowest BCUT2D eigenvalue weighted by molar-refractivity contribution is -0.119. The zero-order valence-electron chi connectivity index (χ0n) is 17.0. The first-order valence-corrected chi connectivity index (χ1v) is 11.0. The predicted octanol–water partition coefficient (Wildman–Crippen LogP) is 6.20. The Morgan fingerprint density at radius 2 is 1.48 bits per heavy atom. The number of anilines is 1. The minimum atomic E-state index is -0.358. The molecule has 2 amide bonds. The Hall–Kier alpha value is -3.02. The van der Waals surface area contributed by atoms with E-state index in [1.54, 1.807) is 48.5 Å². The summed E-state index contributed by atoms with van der Waals surface area (Å²) in [6, 6.07) is 23.5. The highest BCUT2D eigenvalue weighted by Crippen LogP contribution is 2.41. The molecule has 0 N–H and O–H groups in total. The minimum absolute atomic E-state index is 0.0351. The fourth-order valence-electron chi connectivity index (χ4n) is 3.26. The van der Waals surface area contributed by atoms with E-state index in [0.717, 1.165) is 4.90 Å². The van der Waals surface area contributed by atoms with Crippen molar-refractivity contribution in [2.75, 3.05) is 4.90 Å². The summed E-state index contributed by atoms with van der Waals surface area (Å²) in [5.74, 6) is -0.0211. The first-order valence-electron chi connectivity index (χ1n) is 9.82. The molecule has 0 saturated carbocycles. The Morgan fingerprint density at radius 3 is 2.10 bits per heavy atom. The van der Waals surface area contributed by atoms with Gasteiger partial charge in [-0.15, -0.1) is 0 Å². The quantitative estimate of drug-likeness (QED) is 0.420. The van der Waals surface area contributed by atoms with Crippen LogP contribution in [0.2, 0.25) is 5.02 Å². The molecule has 0 spiro atoms. The van der Waals surface area contributed by atoms with Crippen molar-refractivity contribution in [3.05, 3.63) is 94.4 Å². The smallest absolute Gasteiger partial charge is 0.272 e. The zero-order chi connectivity index (χ0) is 22.0. The molecule has 3 aromatic carbocycles. The molecule has 156 valence electrons. The molecule has 0 fully saturated rings. The summed E-state index contributed by atoms with van der Waals surface area (Å²) in [6.45, 7) is 3.88. The molecule has 1 heterocycles. The van der Waals surface area contributed by atoms with Crippen LogP contribution in [-0.2, 0) is 9.59 Å². The number of benzene rings is 3. The van der Waals surface area contributed by atoms with Crippen LogP contribution in [0.1, 0.15) is 19.4 Å². The van der Waals surface area contributed by atoms with Crippen molar-refractivity contribution in [2.24, 2.45) is 0 Å². The number of amides is 2. The van der Waals surface area contributed by atoms with Crippen LogP contribution in [-0.4, -0.2) is 17.9 Å². The highest BCUT2D eigenvalue weighted by atomic mass is 35.5. The highest BCUT2D eigenvalue weighted by Gasteiger charge is 2.40. The molecule has 0 atom stereocenters. The Labute approximate surface area is 190 Å². The zero-order valence-corrected chi connectivity index (χ0v) is 18.6. The Balaban J connectivity index is 1.74. The molecule has 0 aromatic heterocycles. The van der Waals surface area contributed by atoms with Crippen molar-refractivity contribution in [1.82, 2.24) is 0 Å². The molecule has 0 radical (unpaired) electrons. The Kier molecular flexibility index (Phi) is 6.16. The number of rotatable bonds is 6. The molecule has 4 rings (SSSR count). The molecular weight excluding hydrogens is 430 g/mol. The van der Waals surface area contributed by atoms with Gasteiger partial charge in [-0.05, 0) is 67.9 Å². The van der Waals surface area contributed by atoms with E-state index in [-0.39, 0.29) is 17.9 Å². The fourth-order valence-corrected chi connectivity index (χ4v) is 4.40. The van der Waals surface area contributed by atoms with E-state index in [9.17, 15) is 9.59 Å². The lowest BCUT2D eigenvalue weighted by Gasteiger charge is -2.16. The van der Waals surface area contributed by atoms with Crippen LogP contribution >= 0.6 is 23.4 Å². The van der Waals surface area contributed by atoms with Crippen LogP contribution < -0.4 is 9.64 Å². The molecular formula is C25H20ClNO3S. The van der Waals surface area contributed by atoms with Crippen LogP contribution in [0.5, 0.6) is 5.75 Å². The Bertz CT molecular complexity index is 1140. The van der Waals surface area contributed by atoms with Crippen LogP contribution in [0, 0.1) is 0 Å². The molecule has 4 nitrogen and oxygen atoms in total. The third-order valence-electron chi connectivity index (χ3n) is 4.60. The second-order valence-electron chi connectivity index (χ2n) is 7.23. The summed E-state index contributed by atoms with van der Waals surface area (Å²) in [6.07, 6.45) is 0.0351. The maximum atomic E-state index is 13.4. The highest BCUT2D eigenvalue weighted by molar-refractivity contribution is 8.04. The van der Waals surface area contributed by atoms with Crippen LogP contribution in [0.4, 0.5) is 5.69 Å². The summed E-state index contributed by atoms with van der Waals surface area (Å²) < 4.78 is 5.67. The molecule has 0 bridgehead atoms. The third-order valence-corrected chi connectivity index (χ3v) is 5.95. The number of hydrogen-bond acceptors (Lipinski definition) is 4. The van der Waals surface area contributed by atoms with Gasteiger partial charge in [0, 0.05) is 9.92 Å². The predicted molar refractivity (Wildman–Crippen MR) is 125 cm³/mol. The summed E-state index contributed by atoms with van der Waals surface area (Å²) >= 11 is 7.32. The number of carbonyl (C=O) groups is 2. The van der Waals surface area contributed by atoms with E-state index in [0.29, 0.717) is 32.5 Å². The topological polar surface area (TPSA) is 46.6 Å². The van der Waals surface area contributed by atoms with Gasteiger partial charge in [-0.3, -0.25) is 9.59 Å². The number of ether oxygens (including phenoxy) is 1. The second kappa shape index (κ2) is 9.00. The molecule has 1 aliphatic heterocycles. The van der Waals surface area contributed by atoms with Gasteiger partial charge in [-0.1, -0.05) is 53.7 Å². The normalized spacial score (nSPS) is 14.0. The number of thioether (sulfide) groups is 1. The summed E-state index contributed by atoms with van der Waals surface area (Å²) in [4.78, 5) is 29.3. The monoisotopic (exact) mass is 449 g/mol. The van der Waals surface area contributed by atoms with Crippen molar-refractivity contribution in [3.8, 4) is 5.75 Å². The maximum Gasteiger partial charge on any atom is 0.272 e. The fraction of sp³-hybridized carbons (Fsp3) is 0.120. The molecule has 0 unspecified atom stereocenters. The van der Waals surface area contributed by atoms with Crippen molar-refractivity contribution in [1.29, 1.82) is 0 Å². The van der Waals surface area contributed by atoms with E-state index in [1.807, 2.05) is 44.2 Å². The summed E-state index contributed by atoms with van der Waals surface area (Å²) in [7, 11) is 0. The maximum absolute atomic E-state index is 13.4. The molecule has 0 aliphatic carbocycles. The van der Waals surface area contributed by atoms with Gasteiger partial charge < -0.3 is 4.74 Å². The van der Waals surface area contributed by atoms with Crippen molar-refractivity contribution >= 4 is 46.4 Å². The second-order valence-corrected chi connectivity index (χ2v) is 8.75. The van der Waals surface area contributed by atoms with Gasteiger partial charge in [-0.25, -0.2) is 4.90 Å². The van der Waals surface area contributed by atoms with Gasteiger partial charge in [-0.2, -0.15) is 0 Å².